The van der Waals surface area contributed by atoms with Gasteiger partial charge in [0, 0.05) is 13.1 Å². The smallest absolute Gasteiger partial charge is 0.189 e. The predicted molar refractivity (Wildman–Crippen MR) is 108 cm³/mol. The van der Waals surface area contributed by atoms with Crippen molar-refractivity contribution in [1.82, 2.24) is 5.32 Å². The molecule has 1 saturated carbocycles. The molecule has 1 aromatic rings. The highest BCUT2D eigenvalue weighted by Crippen LogP contribution is 2.31. The average molecular weight is 394 g/mol. The second-order valence-corrected chi connectivity index (χ2v) is 7.68. The Balaban J connectivity index is 2.16. The molecule has 0 saturated heterocycles. The highest BCUT2D eigenvalue weighted by atomic mass is 19.1. The number of halogens is 1. The molecule has 7 heteroatoms. The standard InChI is InChI=1S/C21H32FN3O3/c1-24-20(23)25-21(14-26,13-16-8-6-4-2-3-5-7-9-16)15-28-19-11-10-17(22)12-18(19)27/h10-12,14,16,27H,2-9,13,15H2,1H3,(H3,23,24,25). The van der Waals surface area contributed by atoms with Gasteiger partial charge in [-0.2, -0.15) is 0 Å². The lowest BCUT2D eigenvalue weighted by molar-refractivity contribution is -0.114. The number of aliphatic imine (C=N–C) groups is 1. The van der Waals surface area contributed by atoms with E-state index >= 15 is 0 Å². The van der Waals surface area contributed by atoms with Gasteiger partial charge in [-0.05, 0) is 24.5 Å². The molecule has 4 N–H and O–H groups in total. The summed E-state index contributed by atoms with van der Waals surface area (Å²) in [5, 5.41) is 12.9. The molecule has 156 valence electrons. The minimum Gasteiger partial charge on any atom is -0.504 e. The van der Waals surface area contributed by atoms with E-state index in [2.05, 4.69) is 10.3 Å². The van der Waals surface area contributed by atoms with Crippen molar-refractivity contribution < 1.29 is 19.0 Å². The summed E-state index contributed by atoms with van der Waals surface area (Å²) in [4.78, 5) is 16.1. The van der Waals surface area contributed by atoms with E-state index < -0.39 is 11.4 Å². The van der Waals surface area contributed by atoms with Crippen LogP contribution in [0.4, 0.5) is 4.39 Å². The normalized spacial score (nSPS) is 19.0. The molecule has 1 aliphatic rings. The quantitative estimate of drug-likeness (QED) is 0.374. The number of ether oxygens (including phenoxy) is 1. The van der Waals surface area contributed by atoms with Crippen molar-refractivity contribution in [2.45, 2.75) is 63.3 Å². The molecule has 0 spiro atoms. The minimum absolute atomic E-state index is 0.0393. The van der Waals surface area contributed by atoms with Crippen LogP contribution in [0.3, 0.4) is 0 Å². The molecule has 1 aliphatic carbocycles. The third-order valence-corrected chi connectivity index (χ3v) is 5.38. The van der Waals surface area contributed by atoms with Crippen LogP contribution in [0.5, 0.6) is 11.5 Å². The van der Waals surface area contributed by atoms with Crippen LogP contribution < -0.4 is 15.8 Å². The van der Waals surface area contributed by atoms with Gasteiger partial charge in [0.1, 0.15) is 24.2 Å². The molecule has 1 aromatic carbocycles. The van der Waals surface area contributed by atoms with Gasteiger partial charge in [0.2, 0.25) is 0 Å². The number of hydrogen-bond donors (Lipinski definition) is 3. The molecule has 6 nitrogen and oxygen atoms in total. The number of guanidine groups is 1. The molecule has 0 amide bonds. The second-order valence-electron chi connectivity index (χ2n) is 7.68. The minimum atomic E-state index is -1.07. The highest BCUT2D eigenvalue weighted by Gasteiger charge is 2.35. The molecule has 0 aliphatic heterocycles. The Morgan fingerprint density at radius 2 is 1.96 bits per heavy atom. The lowest BCUT2D eigenvalue weighted by Gasteiger charge is -2.33. The van der Waals surface area contributed by atoms with Gasteiger partial charge in [-0.3, -0.25) is 4.99 Å². The van der Waals surface area contributed by atoms with Crippen molar-refractivity contribution in [3.8, 4) is 11.5 Å². The molecule has 0 heterocycles. The Morgan fingerprint density at radius 1 is 1.32 bits per heavy atom. The van der Waals surface area contributed by atoms with Crippen molar-refractivity contribution >= 4 is 12.2 Å². The van der Waals surface area contributed by atoms with Gasteiger partial charge in [-0.15, -0.1) is 0 Å². The number of nitrogens with two attached hydrogens (primary N) is 1. The topological polar surface area (TPSA) is 96.9 Å². The number of carbonyl (C=O) groups excluding carboxylic acids is 1. The fourth-order valence-corrected chi connectivity index (χ4v) is 3.82. The SMILES string of the molecule is CN=C(N)NC(C=O)(COc1ccc(F)cc1O)CC1CCCCCCCC1. The van der Waals surface area contributed by atoms with E-state index in [1.54, 1.807) is 7.05 Å². The van der Waals surface area contributed by atoms with E-state index in [-0.39, 0.29) is 24.1 Å². The lowest BCUT2D eigenvalue weighted by Crippen LogP contribution is -2.57. The largest absolute Gasteiger partial charge is 0.504 e. The van der Waals surface area contributed by atoms with E-state index in [1.807, 2.05) is 0 Å². The summed E-state index contributed by atoms with van der Waals surface area (Å²) in [5.41, 5.74) is 4.80. The second kappa shape index (κ2) is 10.9. The first-order valence-corrected chi connectivity index (χ1v) is 10.1. The van der Waals surface area contributed by atoms with Crippen LogP contribution in [0.15, 0.2) is 23.2 Å². The molecule has 28 heavy (non-hydrogen) atoms. The average Bonchev–Trinajstić information content (AvgIpc) is 2.81. The van der Waals surface area contributed by atoms with Crippen molar-refractivity contribution in [2.75, 3.05) is 13.7 Å². The van der Waals surface area contributed by atoms with E-state index in [0.717, 1.165) is 38.0 Å². The van der Waals surface area contributed by atoms with Gasteiger partial charge in [-0.25, -0.2) is 4.39 Å². The number of hydrogen-bond acceptors (Lipinski definition) is 4. The summed E-state index contributed by atoms with van der Waals surface area (Å²) in [6.45, 7) is -0.0393. The number of phenols is 1. The van der Waals surface area contributed by atoms with Gasteiger partial charge < -0.3 is 25.7 Å². The third-order valence-electron chi connectivity index (χ3n) is 5.38. The summed E-state index contributed by atoms with van der Waals surface area (Å²) in [6.07, 6.45) is 10.8. The van der Waals surface area contributed by atoms with Gasteiger partial charge in [0.25, 0.3) is 0 Å². The maximum absolute atomic E-state index is 13.2. The molecular formula is C21H32FN3O3. The first-order valence-electron chi connectivity index (χ1n) is 10.1. The Labute approximate surface area is 166 Å². The zero-order chi connectivity index (χ0) is 20.4. The fourth-order valence-electron chi connectivity index (χ4n) is 3.82. The Hall–Kier alpha value is -2.31. The highest BCUT2D eigenvalue weighted by molar-refractivity contribution is 5.83. The van der Waals surface area contributed by atoms with Gasteiger partial charge >= 0.3 is 0 Å². The lowest BCUT2D eigenvalue weighted by atomic mass is 9.83. The summed E-state index contributed by atoms with van der Waals surface area (Å²) in [7, 11) is 1.55. The Kier molecular flexibility index (Phi) is 8.54. The van der Waals surface area contributed by atoms with Gasteiger partial charge in [-0.1, -0.05) is 51.4 Å². The third kappa shape index (κ3) is 6.69. The van der Waals surface area contributed by atoms with E-state index in [1.165, 1.54) is 37.8 Å². The van der Waals surface area contributed by atoms with Gasteiger partial charge in [0.05, 0.1) is 0 Å². The monoisotopic (exact) mass is 393 g/mol. The first-order chi connectivity index (χ1) is 13.5. The molecule has 2 rings (SSSR count). The summed E-state index contributed by atoms with van der Waals surface area (Å²) in [6, 6.07) is 3.52. The van der Waals surface area contributed by atoms with Crippen LogP contribution in [0.25, 0.3) is 0 Å². The number of carbonyl (C=O) groups is 1. The number of nitrogens with one attached hydrogen (secondary N) is 1. The van der Waals surface area contributed by atoms with E-state index in [0.29, 0.717) is 12.3 Å². The molecule has 1 unspecified atom stereocenters. The van der Waals surface area contributed by atoms with E-state index in [9.17, 15) is 14.3 Å². The maximum atomic E-state index is 13.2. The summed E-state index contributed by atoms with van der Waals surface area (Å²) < 4.78 is 18.9. The Bertz CT molecular complexity index is 658. The number of rotatable bonds is 7. The fraction of sp³-hybridized carbons (Fsp3) is 0.619. The maximum Gasteiger partial charge on any atom is 0.189 e. The van der Waals surface area contributed by atoms with Crippen molar-refractivity contribution in [3.05, 3.63) is 24.0 Å². The van der Waals surface area contributed by atoms with Gasteiger partial charge in [0.15, 0.2) is 17.5 Å². The number of nitrogens with zero attached hydrogens (tertiary/aromatic N) is 1. The van der Waals surface area contributed by atoms with Crippen LogP contribution in [-0.2, 0) is 4.79 Å². The van der Waals surface area contributed by atoms with Crippen LogP contribution in [0.2, 0.25) is 0 Å². The van der Waals surface area contributed by atoms with Crippen LogP contribution in [0, 0.1) is 11.7 Å². The van der Waals surface area contributed by atoms with Crippen LogP contribution in [0.1, 0.15) is 57.8 Å². The van der Waals surface area contributed by atoms with Crippen LogP contribution in [-0.4, -0.2) is 36.5 Å². The van der Waals surface area contributed by atoms with Crippen LogP contribution >= 0.6 is 0 Å². The van der Waals surface area contributed by atoms with Crippen molar-refractivity contribution in [2.24, 2.45) is 16.6 Å². The van der Waals surface area contributed by atoms with Crippen molar-refractivity contribution in [3.63, 3.8) is 0 Å². The Morgan fingerprint density at radius 3 is 2.54 bits per heavy atom. The number of aromatic hydroxyl groups is 1. The number of aldehydes is 1. The zero-order valence-electron chi connectivity index (χ0n) is 16.6. The molecule has 0 radical (unpaired) electrons. The molecule has 1 atom stereocenters. The number of phenolic OH excluding ortho intramolecular Hbond substituents is 1. The zero-order valence-corrected chi connectivity index (χ0v) is 16.6. The molecule has 0 bridgehead atoms. The van der Waals surface area contributed by atoms with E-state index in [4.69, 9.17) is 10.5 Å². The number of benzene rings is 1. The molecular weight excluding hydrogens is 361 g/mol. The summed E-state index contributed by atoms with van der Waals surface area (Å²) >= 11 is 0. The molecule has 0 aromatic heterocycles. The summed E-state index contributed by atoms with van der Waals surface area (Å²) in [5.74, 6) is -0.221. The predicted octanol–water partition coefficient (Wildman–Crippen LogP) is 3.52. The van der Waals surface area contributed by atoms with Crippen molar-refractivity contribution in [1.29, 1.82) is 0 Å². The molecule has 1 fully saturated rings. The first kappa shape index (κ1) is 22.0.